The fraction of sp³-hybridized carbons (Fsp3) is 0.500. The minimum Gasteiger partial charge on any atom is -0.485 e. The summed E-state index contributed by atoms with van der Waals surface area (Å²) in [5.41, 5.74) is 0.833. The SMILES string of the molecule is CN1C(=O)CC(C)(C)Oc2ccc(C(=O)C3CC3)cc21. The summed E-state index contributed by atoms with van der Waals surface area (Å²) >= 11 is 0. The van der Waals surface area contributed by atoms with Crippen molar-refractivity contribution in [3.8, 4) is 5.75 Å². The van der Waals surface area contributed by atoms with Crippen molar-refractivity contribution in [2.45, 2.75) is 38.7 Å². The van der Waals surface area contributed by atoms with Crippen molar-refractivity contribution in [1.82, 2.24) is 0 Å². The number of hydrogen-bond acceptors (Lipinski definition) is 3. The molecular formula is C16H19NO3. The van der Waals surface area contributed by atoms with Gasteiger partial charge in [-0.05, 0) is 44.9 Å². The highest BCUT2D eigenvalue weighted by Gasteiger charge is 2.34. The summed E-state index contributed by atoms with van der Waals surface area (Å²) in [6, 6.07) is 5.40. The Morgan fingerprint density at radius 1 is 1.35 bits per heavy atom. The maximum atomic E-state index is 12.2. The maximum absolute atomic E-state index is 12.2. The van der Waals surface area contributed by atoms with Crippen LogP contribution in [-0.4, -0.2) is 24.3 Å². The Bertz CT molecular complexity index is 587. The fourth-order valence-corrected chi connectivity index (χ4v) is 2.55. The number of ketones is 1. The molecule has 1 saturated carbocycles. The number of carbonyl (C=O) groups is 2. The number of rotatable bonds is 2. The van der Waals surface area contributed by atoms with E-state index in [9.17, 15) is 9.59 Å². The molecule has 1 amide bonds. The minimum absolute atomic E-state index is 0.00442. The number of anilines is 1. The lowest BCUT2D eigenvalue weighted by atomic mass is 10.1. The maximum Gasteiger partial charge on any atom is 0.230 e. The van der Waals surface area contributed by atoms with Crippen molar-refractivity contribution in [3.63, 3.8) is 0 Å². The van der Waals surface area contributed by atoms with Gasteiger partial charge < -0.3 is 9.64 Å². The van der Waals surface area contributed by atoms with Gasteiger partial charge >= 0.3 is 0 Å². The topological polar surface area (TPSA) is 46.6 Å². The molecule has 1 aliphatic heterocycles. The van der Waals surface area contributed by atoms with Crippen LogP contribution < -0.4 is 9.64 Å². The van der Waals surface area contributed by atoms with Crippen molar-refractivity contribution in [1.29, 1.82) is 0 Å². The monoisotopic (exact) mass is 273 g/mol. The average Bonchev–Trinajstić information content (AvgIpc) is 3.20. The number of benzene rings is 1. The first kappa shape index (κ1) is 13.2. The molecular weight excluding hydrogens is 254 g/mol. The standard InChI is InChI=1S/C16H19NO3/c1-16(2)9-14(18)17(3)12-8-11(6-7-13(12)20-16)15(19)10-4-5-10/h6-8,10H,4-5,9H2,1-3H3. The Labute approximate surface area is 118 Å². The Morgan fingerprint density at radius 2 is 2.05 bits per heavy atom. The summed E-state index contributed by atoms with van der Waals surface area (Å²) < 4.78 is 5.92. The number of amides is 1. The molecule has 0 atom stereocenters. The molecule has 20 heavy (non-hydrogen) atoms. The molecule has 1 aliphatic carbocycles. The number of carbonyl (C=O) groups excluding carboxylic acids is 2. The van der Waals surface area contributed by atoms with E-state index in [4.69, 9.17) is 4.74 Å². The highest BCUT2D eigenvalue weighted by molar-refractivity contribution is 6.02. The second-order valence-corrected chi connectivity index (χ2v) is 6.31. The average molecular weight is 273 g/mol. The zero-order chi connectivity index (χ0) is 14.5. The predicted molar refractivity (Wildman–Crippen MR) is 76.2 cm³/mol. The first-order chi connectivity index (χ1) is 9.37. The molecule has 106 valence electrons. The van der Waals surface area contributed by atoms with Crippen molar-refractivity contribution in [2.24, 2.45) is 5.92 Å². The van der Waals surface area contributed by atoms with Crippen molar-refractivity contribution in [2.75, 3.05) is 11.9 Å². The lowest BCUT2D eigenvalue weighted by molar-refractivity contribution is -0.120. The lowest BCUT2D eigenvalue weighted by Crippen LogP contribution is -2.34. The zero-order valence-electron chi connectivity index (χ0n) is 12.1. The van der Waals surface area contributed by atoms with Gasteiger partial charge in [0, 0.05) is 18.5 Å². The van der Waals surface area contributed by atoms with Crippen LogP contribution in [0.15, 0.2) is 18.2 Å². The Hall–Kier alpha value is -1.84. The molecule has 4 heteroatoms. The van der Waals surface area contributed by atoms with E-state index in [1.165, 1.54) is 0 Å². The minimum atomic E-state index is -0.529. The van der Waals surface area contributed by atoms with E-state index < -0.39 is 5.60 Å². The van der Waals surface area contributed by atoms with E-state index in [0.717, 1.165) is 12.8 Å². The first-order valence-electron chi connectivity index (χ1n) is 7.01. The van der Waals surface area contributed by atoms with Crippen LogP contribution in [0, 0.1) is 5.92 Å². The van der Waals surface area contributed by atoms with Crippen LogP contribution in [0.4, 0.5) is 5.69 Å². The van der Waals surface area contributed by atoms with Crippen LogP contribution in [0.2, 0.25) is 0 Å². The largest absolute Gasteiger partial charge is 0.485 e. The van der Waals surface area contributed by atoms with Gasteiger partial charge in [0.05, 0.1) is 12.1 Å². The van der Waals surface area contributed by atoms with Crippen LogP contribution in [0.5, 0.6) is 5.75 Å². The van der Waals surface area contributed by atoms with E-state index in [-0.39, 0.29) is 17.6 Å². The van der Waals surface area contributed by atoms with E-state index in [1.54, 1.807) is 24.1 Å². The molecule has 1 heterocycles. The van der Waals surface area contributed by atoms with Gasteiger partial charge in [-0.2, -0.15) is 0 Å². The summed E-state index contributed by atoms with van der Waals surface area (Å²) in [5.74, 6) is 1.02. The van der Waals surface area contributed by atoms with Crippen molar-refractivity contribution >= 4 is 17.4 Å². The highest BCUT2D eigenvalue weighted by atomic mass is 16.5. The van der Waals surface area contributed by atoms with Gasteiger partial charge in [-0.1, -0.05) is 0 Å². The number of hydrogen-bond donors (Lipinski definition) is 0. The van der Waals surface area contributed by atoms with Crippen LogP contribution in [0.3, 0.4) is 0 Å². The number of Topliss-reactive ketones (excluding diaryl/α,β-unsaturated/α-hetero) is 1. The summed E-state index contributed by atoms with van der Waals surface area (Å²) in [5, 5.41) is 0. The van der Waals surface area contributed by atoms with Crippen LogP contribution in [0.1, 0.15) is 43.5 Å². The second-order valence-electron chi connectivity index (χ2n) is 6.31. The molecule has 0 unspecified atom stereocenters. The molecule has 0 saturated heterocycles. The third-order valence-corrected chi connectivity index (χ3v) is 3.89. The highest BCUT2D eigenvalue weighted by Crippen LogP contribution is 2.39. The Kier molecular flexibility index (Phi) is 2.85. The molecule has 0 radical (unpaired) electrons. The number of nitrogens with zero attached hydrogens (tertiary/aromatic N) is 1. The smallest absolute Gasteiger partial charge is 0.230 e. The van der Waals surface area contributed by atoms with E-state index >= 15 is 0 Å². The molecule has 3 rings (SSSR count). The van der Waals surface area contributed by atoms with Gasteiger partial charge in [0.15, 0.2) is 5.78 Å². The number of ether oxygens (including phenoxy) is 1. The van der Waals surface area contributed by atoms with Gasteiger partial charge in [0.25, 0.3) is 0 Å². The molecule has 0 aromatic heterocycles. The normalized spacial score (nSPS) is 20.9. The summed E-state index contributed by atoms with van der Waals surface area (Å²) in [7, 11) is 1.73. The van der Waals surface area contributed by atoms with Crippen molar-refractivity contribution in [3.05, 3.63) is 23.8 Å². The predicted octanol–water partition coefficient (Wildman–Crippen LogP) is 2.80. The summed E-state index contributed by atoms with van der Waals surface area (Å²) in [6.45, 7) is 3.80. The molecule has 4 nitrogen and oxygen atoms in total. The zero-order valence-corrected chi connectivity index (χ0v) is 12.1. The summed E-state index contributed by atoms with van der Waals surface area (Å²) in [4.78, 5) is 25.9. The third kappa shape index (κ3) is 2.30. The number of fused-ring (bicyclic) bond motifs is 1. The van der Waals surface area contributed by atoms with Gasteiger partial charge in [-0.25, -0.2) is 0 Å². The van der Waals surface area contributed by atoms with Gasteiger partial charge in [0.1, 0.15) is 11.4 Å². The quantitative estimate of drug-likeness (QED) is 0.778. The molecule has 2 aliphatic rings. The van der Waals surface area contributed by atoms with E-state index in [0.29, 0.717) is 23.4 Å². The first-order valence-corrected chi connectivity index (χ1v) is 7.01. The molecule has 1 aromatic rings. The summed E-state index contributed by atoms with van der Waals surface area (Å²) in [6.07, 6.45) is 2.28. The van der Waals surface area contributed by atoms with Crippen molar-refractivity contribution < 1.29 is 14.3 Å². The fourth-order valence-electron chi connectivity index (χ4n) is 2.55. The molecule has 1 fully saturated rings. The molecule has 0 N–H and O–H groups in total. The molecule has 0 spiro atoms. The molecule has 1 aromatic carbocycles. The molecule has 0 bridgehead atoms. The Morgan fingerprint density at radius 3 is 2.70 bits per heavy atom. The second kappa shape index (κ2) is 4.33. The van der Waals surface area contributed by atoms with E-state index in [1.807, 2.05) is 19.9 Å². The van der Waals surface area contributed by atoms with E-state index in [2.05, 4.69) is 0 Å². The van der Waals surface area contributed by atoms with Gasteiger partial charge in [-0.15, -0.1) is 0 Å². The Balaban J connectivity index is 2.02. The lowest BCUT2D eigenvalue weighted by Gasteiger charge is -2.23. The van der Waals surface area contributed by atoms with Gasteiger partial charge in [-0.3, -0.25) is 9.59 Å². The van der Waals surface area contributed by atoms with Crippen LogP contribution in [0.25, 0.3) is 0 Å². The van der Waals surface area contributed by atoms with Crippen LogP contribution >= 0.6 is 0 Å². The third-order valence-electron chi connectivity index (χ3n) is 3.89. The van der Waals surface area contributed by atoms with Gasteiger partial charge in [0.2, 0.25) is 5.91 Å². The van der Waals surface area contributed by atoms with Crippen LogP contribution in [-0.2, 0) is 4.79 Å².